The van der Waals surface area contributed by atoms with Gasteiger partial charge >= 0.3 is 6.18 Å². The van der Waals surface area contributed by atoms with Crippen LogP contribution >= 0.6 is 11.3 Å². The minimum Gasteiger partial charge on any atom is -0.489 e. The molecule has 41 heavy (non-hydrogen) atoms. The normalized spacial score (nSPS) is 15.0. The number of nitrogens with one attached hydrogen (secondary N) is 2. The molecule has 1 aliphatic rings. The maximum atomic E-state index is 13.6. The van der Waals surface area contributed by atoms with Gasteiger partial charge in [-0.25, -0.2) is 8.42 Å². The second kappa shape index (κ2) is 13.3. The Bertz CT molecular complexity index is 1520. The average Bonchev–Trinajstić information content (AvgIpc) is 3.26. The summed E-state index contributed by atoms with van der Waals surface area (Å²) in [5.74, 6) is 6.07. The fourth-order valence-corrected chi connectivity index (χ4v) is 6.60. The topological polar surface area (TPSA) is 90.9 Å². The number of hydrogen-bond donors (Lipinski definition) is 3. The number of piperidine rings is 1. The summed E-state index contributed by atoms with van der Waals surface area (Å²) >= 11 is 1.26. The molecule has 3 aromatic rings. The molecule has 1 aliphatic heterocycles. The van der Waals surface area contributed by atoms with Crippen LogP contribution in [0.15, 0.2) is 41.3 Å². The van der Waals surface area contributed by atoms with Crippen LogP contribution < -0.4 is 15.4 Å². The van der Waals surface area contributed by atoms with Crippen molar-refractivity contribution >= 4 is 42.6 Å². The standard InChI is InChI=1S/C29H34F3N3O4S2/c1-3-35-14-11-20(12-15-35)34-25-7-4-6-22-23(19-29(30,31)32)27(40-28(22)25)8-5-13-33-24-10-9-21(41(2,37)38)18-26(24)39-17-16-36/h4,6-7,9-10,18,20,33-34,36H,3,11-17,19H2,1-2H3. The van der Waals surface area contributed by atoms with Crippen molar-refractivity contribution < 1.29 is 31.4 Å². The molecular formula is C29H34F3N3O4S2. The molecule has 0 amide bonds. The molecular weight excluding hydrogens is 575 g/mol. The van der Waals surface area contributed by atoms with E-state index in [0.29, 0.717) is 16.0 Å². The van der Waals surface area contributed by atoms with Crippen molar-refractivity contribution in [1.82, 2.24) is 4.90 Å². The van der Waals surface area contributed by atoms with Gasteiger partial charge in [0.05, 0.1) is 45.4 Å². The number of rotatable bonds is 10. The van der Waals surface area contributed by atoms with Crippen molar-refractivity contribution in [1.29, 1.82) is 0 Å². The van der Waals surface area contributed by atoms with E-state index in [-0.39, 0.29) is 42.0 Å². The molecule has 1 fully saturated rings. The van der Waals surface area contributed by atoms with Crippen molar-refractivity contribution in [2.24, 2.45) is 0 Å². The van der Waals surface area contributed by atoms with Crippen molar-refractivity contribution in [3.63, 3.8) is 0 Å². The van der Waals surface area contributed by atoms with Crippen LogP contribution in [0.4, 0.5) is 24.5 Å². The lowest BCUT2D eigenvalue weighted by Gasteiger charge is -2.32. The monoisotopic (exact) mass is 609 g/mol. The molecule has 4 rings (SSSR count). The first-order chi connectivity index (χ1) is 19.5. The zero-order valence-electron chi connectivity index (χ0n) is 23.0. The van der Waals surface area contributed by atoms with Crippen LogP contribution in [0.3, 0.4) is 0 Å². The summed E-state index contributed by atoms with van der Waals surface area (Å²) in [5.41, 5.74) is 1.44. The number of hydrogen-bond acceptors (Lipinski definition) is 8. The third-order valence-electron chi connectivity index (χ3n) is 6.89. The first-order valence-corrected chi connectivity index (χ1v) is 16.1. The number of thiophene rings is 1. The Morgan fingerprint density at radius 2 is 1.93 bits per heavy atom. The summed E-state index contributed by atoms with van der Waals surface area (Å²) in [6.45, 7) is 4.90. The molecule has 1 saturated heterocycles. The number of fused-ring (bicyclic) bond motifs is 1. The number of ether oxygens (including phenoxy) is 1. The molecule has 12 heteroatoms. The number of alkyl halides is 3. The fraction of sp³-hybridized carbons (Fsp3) is 0.448. The summed E-state index contributed by atoms with van der Waals surface area (Å²) in [7, 11) is -3.47. The molecule has 2 aromatic carbocycles. The van der Waals surface area contributed by atoms with E-state index in [2.05, 4.69) is 34.3 Å². The number of sulfone groups is 1. The van der Waals surface area contributed by atoms with Crippen molar-refractivity contribution in [3.05, 3.63) is 46.8 Å². The molecule has 0 unspecified atom stereocenters. The van der Waals surface area contributed by atoms with Gasteiger partial charge in [-0.2, -0.15) is 13.2 Å². The second-order valence-corrected chi connectivity index (χ2v) is 12.9. The van der Waals surface area contributed by atoms with Crippen LogP contribution in [0, 0.1) is 11.8 Å². The Balaban J connectivity index is 1.58. The van der Waals surface area contributed by atoms with E-state index in [1.807, 2.05) is 6.07 Å². The third-order valence-corrected chi connectivity index (χ3v) is 9.20. The second-order valence-electron chi connectivity index (χ2n) is 9.89. The molecule has 0 saturated carbocycles. The van der Waals surface area contributed by atoms with Gasteiger partial charge in [0.2, 0.25) is 0 Å². The van der Waals surface area contributed by atoms with Crippen LogP contribution in [0.1, 0.15) is 30.2 Å². The van der Waals surface area contributed by atoms with Gasteiger partial charge < -0.3 is 25.4 Å². The van der Waals surface area contributed by atoms with E-state index in [4.69, 9.17) is 9.84 Å². The van der Waals surface area contributed by atoms with E-state index in [0.717, 1.165) is 49.1 Å². The number of likely N-dealkylation sites (tertiary alicyclic amines) is 1. The molecule has 0 radical (unpaired) electrons. The number of anilines is 2. The van der Waals surface area contributed by atoms with Crippen LogP contribution in [0.25, 0.3) is 10.1 Å². The number of aliphatic hydroxyl groups is 1. The molecule has 0 aliphatic carbocycles. The molecule has 2 heterocycles. The maximum absolute atomic E-state index is 13.6. The average molecular weight is 610 g/mol. The minimum absolute atomic E-state index is 0.0375. The van der Waals surface area contributed by atoms with Gasteiger partial charge in [-0.3, -0.25) is 0 Å². The summed E-state index contributed by atoms with van der Waals surface area (Å²) < 4.78 is 70.9. The van der Waals surface area contributed by atoms with Gasteiger partial charge in [-0.1, -0.05) is 30.9 Å². The van der Waals surface area contributed by atoms with Gasteiger partial charge in [0.15, 0.2) is 9.84 Å². The highest BCUT2D eigenvalue weighted by atomic mass is 32.2. The SMILES string of the molecule is CCN1CCC(Nc2cccc3c(CC(F)(F)F)c(C#CCNc4ccc(S(C)(=O)=O)cc4OCCO)sc23)CC1. The van der Waals surface area contributed by atoms with Gasteiger partial charge in [-0.15, -0.1) is 11.3 Å². The van der Waals surface area contributed by atoms with E-state index in [1.165, 1.54) is 29.5 Å². The van der Waals surface area contributed by atoms with Crippen molar-refractivity contribution in [2.45, 2.75) is 43.3 Å². The Hall–Kier alpha value is -2.98. The van der Waals surface area contributed by atoms with Crippen LogP contribution in [0.5, 0.6) is 5.75 Å². The lowest BCUT2D eigenvalue weighted by Crippen LogP contribution is -2.38. The first-order valence-electron chi connectivity index (χ1n) is 13.4. The van der Waals surface area contributed by atoms with E-state index in [1.54, 1.807) is 12.1 Å². The zero-order chi connectivity index (χ0) is 29.6. The van der Waals surface area contributed by atoms with E-state index in [9.17, 15) is 21.6 Å². The Labute approximate surface area is 242 Å². The lowest BCUT2D eigenvalue weighted by atomic mass is 10.0. The van der Waals surface area contributed by atoms with Gasteiger partial charge in [0, 0.05) is 31.5 Å². The minimum atomic E-state index is -4.39. The van der Waals surface area contributed by atoms with Gasteiger partial charge in [0.25, 0.3) is 0 Å². The number of nitrogens with zero attached hydrogens (tertiary/aromatic N) is 1. The zero-order valence-corrected chi connectivity index (χ0v) is 24.6. The molecule has 3 N–H and O–H groups in total. The number of benzene rings is 2. The third kappa shape index (κ3) is 8.29. The Morgan fingerprint density at radius 3 is 2.59 bits per heavy atom. The quantitative estimate of drug-likeness (QED) is 0.274. The summed E-state index contributed by atoms with van der Waals surface area (Å²) in [6.07, 6.45) is -2.44. The van der Waals surface area contributed by atoms with Gasteiger partial charge in [-0.05, 0) is 48.5 Å². The van der Waals surface area contributed by atoms with Crippen LogP contribution in [-0.4, -0.2) is 76.3 Å². The molecule has 7 nitrogen and oxygen atoms in total. The molecule has 0 atom stereocenters. The molecule has 222 valence electrons. The molecule has 0 spiro atoms. The molecule has 1 aromatic heterocycles. The Kier molecular flexibility index (Phi) is 10.1. The maximum Gasteiger partial charge on any atom is 0.393 e. The first kappa shape index (κ1) is 31.0. The number of aliphatic hydroxyl groups excluding tert-OH is 1. The lowest BCUT2D eigenvalue weighted by molar-refractivity contribution is -0.126. The predicted octanol–water partition coefficient (Wildman–Crippen LogP) is 5.14. The van der Waals surface area contributed by atoms with Crippen LogP contribution in [-0.2, 0) is 16.3 Å². The predicted molar refractivity (Wildman–Crippen MR) is 158 cm³/mol. The highest BCUT2D eigenvalue weighted by Crippen LogP contribution is 2.39. The highest BCUT2D eigenvalue weighted by Gasteiger charge is 2.31. The largest absolute Gasteiger partial charge is 0.489 e. The summed E-state index contributed by atoms with van der Waals surface area (Å²) in [5, 5.41) is 16.3. The summed E-state index contributed by atoms with van der Waals surface area (Å²) in [6, 6.07) is 9.98. The summed E-state index contributed by atoms with van der Waals surface area (Å²) in [4.78, 5) is 2.80. The highest BCUT2D eigenvalue weighted by molar-refractivity contribution is 7.90. The van der Waals surface area contributed by atoms with E-state index >= 15 is 0 Å². The van der Waals surface area contributed by atoms with Gasteiger partial charge in [0.1, 0.15) is 12.4 Å². The van der Waals surface area contributed by atoms with Crippen molar-refractivity contribution in [2.75, 3.05) is 56.3 Å². The van der Waals surface area contributed by atoms with Crippen molar-refractivity contribution in [3.8, 4) is 17.6 Å². The fourth-order valence-electron chi connectivity index (χ4n) is 4.79. The Morgan fingerprint density at radius 1 is 1.17 bits per heavy atom. The van der Waals surface area contributed by atoms with E-state index < -0.39 is 22.4 Å². The number of halogens is 3. The molecule has 0 bridgehead atoms. The smallest absolute Gasteiger partial charge is 0.393 e. The van der Waals surface area contributed by atoms with Crippen LogP contribution in [0.2, 0.25) is 0 Å².